The van der Waals surface area contributed by atoms with Gasteiger partial charge in [-0.1, -0.05) is 26.7 Å². The quantitative estimate of drug-likeness (QED) is 0.623. The number of unbranched alkanes of at least 4 members (excludes halogenated alkanes) is 1. The molecule has 0 fully saturated rings. The third-order valence-corrected chi connectivity index (χ3v) is 0.500. The first-order valence-corrected chi connectivity index (χ1v) is 1.91. The molecule has 0 aliphatic rings. The van der Waals surface area contributed by atoms with Crippen LogP contribution in [-0.2, 0) is 0 Å². The van der Waals surface area contributed by atoms with E-state index in [1.54, 1.807) is 0 Å². The van der Waals surface area contributed by atoms with Crippen LogP contribution in [0.5, 0.6) is 0 Å². The van der Waals surface area contributed by atoms with Gasteiger partial charge in [-0.2, -0.15) is 0 Å². The van der Waals surface area contributed by atoms with Crippen LogP contribution in [0.1, 0.15) is 26.7 Å². The topological polar surface area (TPSA) is 0 Å². The van der Waals surface area contributed by atoms with E-state index >= 15 is 0 Å². The summed E-state index contributed by atoms with van der Waals surface area (Å²) in [5.41, 5.74) is 0. The monoisotopic (exact) mass is 252 g/mol. The van der Waals surface area contributed by atoms with E-state index < -0.39 is 0 Å². The molecular weight excluding hydrogens is 238 g/mol. The van der Waals surface area contributed by atoms with Crippen molar-refractivity contribution >= 4 is 48.7 Å². The van der Waals surface area contributed by atoms with E-state index in [-0.39, 0.29) is 48.7 Å². The average Bonchev–Trinajstić information content (AvgIpc) is 1.37. The zero-order valence-corrected chi connectivity index (χ0v) is 10.6. The van der Waals surface area contributed by atoms with Crippen molar-refractivity contribution in [3.05, 3.63) is 0 Å². The molecule has 3 heteroatoms. The summed E-state index contributed by atoms with van der Waals surface area (Å²) in [7, 11) is 0. The van der Waals surface area contributed by atoms with Gasteiger partial charge in [0.2, 0.25) is 0 Å². The van der Waals surface area contributed by atoms with Crippen molar-refractivity contribution in [1.29, 1.82) is 0 Å². The molecule has 0 aliphatic heterocycles. The van der Waals surface area contributed by atoms with Crippen LogP contribution >= 0.6 is 24.8 Å². The Morgan fingerprint density at radius 1 is 0.857 bits per heavy atom. The molecule has 0 saturated carbocycles. The summed E-state index contributed by atoms with van der Waals surface area (Å²) in [6, 6.07) is 0. The van der Waals surface area contributed by atoms with Gasteiger partial charge in [-0.25, -0.2) is 0 Å². The van der Waals surface area contributed by atoms with Crippen molar-refractivity contribution in [2.24, 2.45) is 0 Å². The molecular formula is C4H14Cl2Sn. The van der Waals surface area contributed by atoms with Gasteiger partial charge in [0.1, 0.15) is 0 Å². The van der Waals surface area contributed by atoms with Gasteiger partial charge < -0.3 is 0 Å². The summed E-state index contributed by atoms with van der Waals surface area (Å²) in [5.74, 6) is 0. The molecule has 0 spiro atoms. The van der Waals surface area contributed by atoms with Gasteiger partial charge in [-0.15, -0.1) is 24.8 Å². The molecule has 7 heavy (non-hydrogen) atoms. The van der Waals surface area contributed by atoms with Crippen molar-refractivity contribution in [2.45, 2.75) is 26.7 Å². The predicted octanol–water partition coefficient (Wildman–Crippen LogP) is 1.73. The molecule has 0 bridgehead atoms. The van der Waals surface area contributed by atoms with E-state index in [0.29, 0.717) is 0 Å². The first-order chi connectivity index (χ1) is 1.91. The van der Waals surface area contributed by atoms with Crippen LogP contribution in [0.4, 0.5) is 0 Å². The van der Waals surface area contributed by atoms with Crippen molar-refractivity contribution < 1.29 is 0 Å². The normalized spacial score (nSPS) is 4.29. The molecule has 0 N–H and O–H groups in total. The van der Waals surface area contributed by atoms with Crippen LogP contribution in [0, 0.1) is 0 Å². The van der Waals surface area contributed by atoms with Crippen molar-refractivity contribution in [3.8, 4) is 0 Å². The second-order valence-corrected chi connectivity index (χ2v) is 1.000. The van der Waals surface area contributed by atoms with E-state index in [4.69, 9.17) is 0 Å². The number of hydrogen-bond donors (Lipinski definition) is 0. The third-order valence-electron chi connectivity index (χ3n) is 0.500. The second kappa shape index (κ2) is 26.3. The zero-order chi connectivity index (χ0) is 3.41. The first-order valence-electron chi connectivity index (χ1n) is 1.91. The van der Waals surface area contributed by atoms with Crippen molar-refractivity contribution in [3.63, 3.8) is 0 Å². The van der Waals surface area contributed by atoms with Gasteiger partial charge in [0.15, 0.2) is 0 Å². The molecule has 0 rings (SSSR count). The fraction of sp³-hybridized carbons (Fsp3) is 1.00. The Morgan fingerprint density at radius 3 is 1.00 bits per heavy atom. The minimum atomic E-state index is 0. The SMILES string of the molecule is CCCC.Cl.Cl.[SnH2]. The predicted molar refractivity (Wildman–Crippen MR) is 43.6 cm³/mol. The molecule has 0 nitrogen and oxygen atoms in total. The van der Waals surface area contributed by atoms with E-state index in [2.05, 4.69) is 13.8 Å². The molecule has 0 aromatic rings. The van der Waals surface area contributed by atoms with Gasteiger partial charge in [-0.3, -0.25) is 0 Å². The Bertz CT molecular complexity index is 11.7. The van der Waals surface area contributed by atoms with Gasteiger partial charge in [-0.05, 0) is 0 Å². The van der Waals surface area contributed by atoms with Crippen LogP contribution in [0.15, 0.2) is 0 Å². The maximum atomic E-state index is 2.18. The van der Waals surface area contributed by atoms with Crippen LogP contribution in [-0.4, -0.2) is 23.9 Å². The number of halogens is 2. The van der Waals surface area contributed by atoms with E-state index in [1.807, 2.05) is 0 Å². The summed E-state index contributed by atoms with van der Waals surface area (Å²) in [6.45, 7) is 4.36. The number of rotatable bonds is 1. The third kappa shape index (κ3) is 37.7. The van der Waals surface area contributed by atoms with Gasteiger partial charge >= 0.3 is 23.9 Å². The fourth-order valence-corrected chi connectivity index (χ4v) is 0. The summed E-state index contributed by atoms with van der Waals surface area (Å²) in [4.78, 5) is 0. The van der Waals surface area contributed by atoms with Crippen molar-refractivity contribution in [2.75, 3.05) is 0 Å². The number of hydrogen-bond acceptors (Lipinski definition) is 0. The van der Waals surface area contributed by atoms with Crippen molar-refractivity contribution in [1.82, 2.24) is 0 Å². The van der Waals surface area contributed by atoms with Crippen LogP contribution in [0.2, 0.25) is 0 Å². The fourth-order valence-electron chi connectivity index (χ4n) is 0. The van der Waals surface area contributed by atoms with Gasteiger partial charge in [0.05, 0.1) is 0 Å². The van der Waals surface area contributed by atoms with Crippen LogP contribution in [0.3, 0.4) is 0 Å². The Balaban J connectivity index is -0.0000000150. The Labute approximate surface area is 75.2 Å². The second-order valence-electron chi connectivity index (χ2n) is 1.000. The summed E-state index contributed by atoms with van der Waals surface area (Å²) in [6.07, 6.45) is 2.64. The van der Waals surface area contributed by atoms with Crippen LogP contribution < -0.4 is 0 Å². The Kier molecular flexibility index (Phi) is 89.4. The molecule has 2 radical (unpaired) electrons. The molecule has 0 aromatic carbocycles. The maximum absolute atomic E-state index is 2.18. The molecule has 48 valence electrons. The molecule has 0 aromatic heterocycles. The Morgan fingerprint density at radius 2 is 1.00 bits per heavy atom. The zero-order valence-electron chi connectivity index (χ0n) is 4.94. The van der Waals surface area contributed by atoms with E-state index in [0.717, 1.165) is 0 Å². The van der Waals surface area contributed by atoms with Gasteiger partial charge in [0, 0.05) is 0 Å². The van der Waals surface area contributed by atoms with E-state index in [1.165, 1.54) is 12.8 Å². The minimum absolute atomic E-state index is 0. The summed E-state index contributed by atoms with van der Waals surface area (Å²) < 4.78 is 0. The standard InChI is InChI=1S/C4H10.2ClH.Sn.2H/c1-3-4-2;;;;;/h3-4H2,1-2H3;2*1H;;;. The van der Waals surface area contributed by atoms with E-state index in [9.17, 15) is 0 Å². The average molecular weight is 252 g/mol. The molecule has 0 atom stereocenters. The molecule has 0 amide bonds. The molecule has 0 unspecified atom stereocenters. The Hall–Kier alpha value is 1.38. The molecule has 0 heterocycles. The molecule has 0 aliphatic carbocycles. The van der Waals surface area contributed by atoms with Crippen LogP contribution in [0.25, 0.3) is 0 Å². The van der Waals surface area contributed by atoms with Gasteiger partial charge in [0.25, 0.3) is 0 Å². The molecule has 0 saturated heterocycles. The first kappa shape index (κ1) is 23.8. The summed E-state index contributed by atoms with van der Waals surface area (Å²) in [5, 5.41) is 0. The summed E-state index contributed by atoms with van der Waals surface area (Å²) >= 11 is 0.